The zero-order valence-electron chi connectivity index (χ0n) is 12.8. The van der Waals surface area contributed by atoms with Crippen LogP contribution in [0.25, 0.3) is 0 Å². The minimum Gasteiger partial charge on any atom is -0.428 e. The lowest BCUT2D eigenvalue weighted by molar-refractivity contribution is -0.193. The fourth-order valence-corrected chi connectivity index (χ4v) is 2.92. The molecule has 138 valence electrons. The molecule has 0 amide bonds. The molecule has 0 radical (unpaired) electrons. The highest BCUT2D eigenvalue weighted by atomic mass is 32.2. The summed E-state index contributed by atoms with van der Waals surface area (Å²) in [7, 11) is -5.23. The SMILES string of the molecule is CO[Si](C)(CCCOCC(O)OC(=O)C(F)(F)S(=O)(=O)O)OC. The van der Waals surface area contributed by atoms with Crippen molar-refractivity contribution in [3.63, 3.8) is 0 Å². The molecule has 0 heterocycles. The predicted octanol–water partition coefficient (Wildman–Crippen LogP) is 0.100. The van der Waals surface area contributed by atoms with Crippen molar-refractivity contribution >= 4 is 24.6 Å². The molecule has 9 nitrogen and oxygen atoms in total. The summed E-state index contributed by atoms with van der Waals surface area (Å²) >= 11 is 0. The van der Waals surface area contributed by atoms with Gasteiger partial charge in [0.15, 0.2) is 0 Å². The van der Waals surface area contributed by atoms with Gasteiger partial charge in [-0.3, -0.25) is 4.55 Å². The standard InChI is InChI=1S/C10H20F2O9SSi/c1-18-23(3,19-2)6-4-5-20-7-8(13)21-9(14)10(11,12)22(15,16)17/h8,13H,4-7H2,1-3H3,(H,15,16,17). The molecule has 0 bridgehead atoms. The Balaban J connectivity index is 4.15. The number of aliphatic hydroxyl groups excluding tert-OH is 1. The van der Waals surface area contributed by atoms with Gasteiger partial charge in [-0.2, -0.15) is 17.2 Å². The van der Waals surface area contributed by atoms with Gasteiger partial charge in [0.05, 0.1) is 0 Å². The van der Waals surface area contributed by atoms with E-state index in [0.29, 0.717) is 12.5 Å². The van der Waals surface area contributed by atoms with Gasteiger partial charge in [0.2, 0.25) is 6.29 Å². The summed E-state index contributed by atoms with van der Waals surface area (Å²) in [5.41, 5.74) is 0. The number of halogens is 2. The number of hydrogen-bond donors (Lipinski definition) is 2. The molecule has 1 unspecified atom stereocenters. The molecule has 13 heteroatoms. The van der Waals surface area contributed by atoms with Gasteiger partial charge >= 0.3 is 29.9 Å². The van der Waals surface area contributed by atoms with Gasteiger partial charge in [-0.05, 0) is 19.0 Å². The molecule has 0 saturated carbocycles. The Morgan fingerprint density at radius 2 is 1.83 bits per heavy atom. The molecule has 0 saturated heterocycles. The van der Waals surface area contributed by atoms with Gasteiger partial charge in [-0.1, -0.05) is 0 Å². The van der Waals surface area contributed by atoms with Crippen LogP contribution in [0.4, 0.5) is 8.78 Å². The molecule has 0 aromatic rings. The van der Waals surface area contributed by atoms with Crippen molar-refractivity contribution in [2.24, 2.45) is 0 Å². The van der Waals surface area contributed by atoms with Gasteiger partial charge in [0.1, 0.15) is 6.61 Å². The Kier molecular flexibility index (Phi) is 8.68. The van der Waals surface area contributed by atoms with E-state index in [4.69, 9.17) is 18.1 Å². The van der Waals surface area contributed by atoms with Gasteiger partial charge < -0.3 is 23.4 Å². The Bertz CT molecular complexity index is 481. The number of carbonyl (C=O) groups excluding carboxylic acids is 1. The van der Waals surface area contributed by atoms with Crippen molar-refractivity contribution in [2.75, 3.05) is 27.4 Å². The number of alkyl halides is 2. The van der Waals surface area contributed by atoms with Gasteiger partial charge in [-0.25, -0.2) is 4.79 Å². The van der Waals surface area contributed by atoms with Crippen LogP contribution < -0.4 is 0 Å². The fourth-order valence-electron chi connectivity index (χ4n) is 1.30. The Hall–Kier alpha value is -0.703. The maximum Gasteiger partial charge on any atom is 0.465 e. The third kappa shape index (κ3) is 7.15. The van der Waals surface area contributed by atoms with Crippen molar-refractivity contribution in [1.82, 2.24) is 0 Å². The molecule has 0 fully saturated rings. The third-order valence-corrected chi connectivity index (χ3v) is 6.65. The lowest BCUT2D eigenvalue weighted by Gasteiger charge is -2.22. The number of ether oxygens (including phenoxy) is 2. The van der Waals surface area contributed by atoms with E-state index >= 15 is 0 Å². The zero-order chi connectivity index (χ0) is 18.3. The second-order valence-corrected chi connectivity index (χ2v) is 9.62. The molecule has 23 heavy (non-hydrogen) atoms. The Labute approximate surface area is 133 Å². The first kappa shape index (κ1) is 22.3. The number of rotatable bonds is 11. The summed E-state index contributed by atoms with van der Waals surface area (Å²) in [4.78, 5) is 10.9. The average molecular weight is 382 g/mol. The van der Waals surface area contributed by atoms with Crippen molar-refractivity contribution in [3.05, 3.63) is 0 Å². The molecule has 0 aliphatic rings. The van der Waals surface area contributed by atoms with E-state index in [9.17, 15) is 27.1 Å². The molecule has 1 atom stereocenters. The van der Waals surface area contributed by atoms with Crippen LogP contribution in [-0.2, 0) is 33.2 Å². The van der Waals surface area contributed by atoms with Crippen LogP contribution in [0.2, 0.25) is 12.6 Å². The van der Waals surface area contributed by atoms with Crippen molar-refractivity contribution < 1.29 is 50.0 Å². The molecule has 0 aliphatic heterocycles. The van der Waals surface area contributed by atoms with Crippen LogP contribution in [0.15, 0.2) is 0 Å². The van der Waals surface area contributed by atoms with Crippen LogP contribution in [-0.4, -0.2) is 71.6 Å². The summed E-state index contributed by atoms with van der Waals surface area (Å²) in [6.45, 7) is 1.27. The van der Waals surface area contributed by atoms with Gasteiger partial charge in [0.25, 0.3) is 0 Å². The maximum absolute atomic E-state index is 12.8. The zero-order valence-corrected chi connectivity index (χ0v) is 14.6. The summed E-state index contributed by atoms with van der Waals surface area (Å²) in [5.74, 6) is -2.60. The molecular formula is C10H20F2O9SSi. The van der Waals surface area contributed by atoms with Gasteiger partial charge in [-0.15, -0.1) is 0 Å². The van der Waals surface area contributed by atoms with Crippen molar-refractivity contribution in [2.45, 2.75) is 30.6 Å². The van der Waals surface area contributed by atoms with E-state index in [-0.39, 0.29) is 6.61 Å². The monoisotopic (exact) mass is 382 g/mol. The van der Waals surface area contributed by atoms with Crippen molar-refractivity contribution in [1.29, 1.82) is 0 Å². The highest BCUT2D eigenvalue weighted by Crippen LogP contribution is 2.22. The lowest BCUT2D eigenvalue weighted by Crippen LogP contribution is -2.41. The molecule has 0 aromatic heterocycles. The smallest absolute Gasteiger partial charge is 0.428 e. The second-order valence-electron chi connectivity index (χ2n) is 4.57. The lowest BCUT2D eigenvalue weighted by atomic mass is 10.5. The summed E-state index contributed by atoms with van der Waals surface area (Å²) in [5, 5.41) is 4.01. The quantitative estimate of drug-likeness (QED) is 0.168. The average Bonchev–Trinajstić information content (AvgIpc) is 2.45. The first-order chi connectivity index (χ1) is 10.4. The minimum atomic E-state index is -5.98. The van der Waals surface area contributed by atoms with E-state index in [1.807, 2.05) is 6.55 Å². The highest BCUT2D eigenvalue weighted by molar-refractivity contribution is 7.87. The topological polar surface area (TPSA) is 129 Å². The predicted molar refractivity (Wildman–Crippen MR) is 74.5 cm³/mol. The molecule has 0 spiro atoms. The van der Waals surface area contributed by atoms with Crippen LogP contribution in [0.3, 0.4) is 0 Å². The maximum atomic E-state index is 12.8. The van der Waals surface area contributed by atoms with Crippen LogP contribution in [0, 0.1) is 0 Å². The highest BCUT2D eigenvalue weighted by Gasteiger charge is 2.54. The summed E-state index contributed by atoms with van der Waals surface area (Å²) in [6, 6.07) is 0.566. The van der Waals surface area contributed by atoms with Crippen LogP contribution >= 0.6 is 0 Å². The largest absolute Gasteiger partial charge is 0.465 e. The molecule has 0 aliphatic carbocycles. The Morgan fingerprint density at radius 1 is 1.30 bits per heavy atom. The van der Waals surface area contributed by atoms with E-state index < -0.39 is 42.8 Å². The molecular weight excluding hydrogens is 362 g/mol. The fraction of sp³-hybridized carbons (Fsp3) is 0.900. The summed E-state index contributed by atoms with van der Waals surface area (Å²) in [6.07, 6.45) is -1.63. The minimum absolute atomic E-state index is 0.0958. The molecule has 0 aromatic carbocycles. The van der Waals surface area contributed by atoms with E-state index in [2.05, 4.69) is 4.74 Å². The van der Waals surface area contributed by atoms with Crippen molar-refractivity contribution in [3.8, 4) is 0 Å². The number of aliphatic hydroxyl groups is 1. The number of carbonyl (C=O) groups is 1. The van der Waals surface area contributed by atoms with Crippen LogP contribution in [0.1, 0.15) is 6.42 Å². The first-order valence-electron chi connectivity index (χ1n) is 6.31. The van der Waals surface area contributed by atoms with Crippen LogP contribution in [0.5, 0.6) is 0 Å². The third-order valence-electron chi connectivity index (χ3n) is 2.85. The van der Waals surface area contributed by atoms with E-state index in [0.717, 1.165) is 0 Å². The molecule has 0 rings (SSSR count). The van der Waals surface area contributed by atoms with E-state index in [1.165, 1.54) is 14.2 Å². The second kappa shape index (κ2) is 8.96. The Morgan fingerprint density at radius 3 is 2.26 bits per heavy atom. The molecule has 2 N–H and O–H groups in total. The summed E-state index contributed by atoms with van der Waals surface area (Å²) < 4.78 is 73.6. The number of esters is 1. The first-order valence-corrected chi connectivity index (χ1v) is 10.3. The normalized spacial score (nSPS) is 14.6. The van der Waals surface area contributed by atoms with Gasteiger partial charge in [0, 0.05) is 20.8 Å². The number of hydrogen-bond acceptors (Lipinski definition) is 8. The van der Waals surface area contributed by atoms with E-state index in [1.54, 1.807) is 0 Å².